The fourth-order valence-corrected chi connectivity index (χ4v) is 1.76. The van der Waals surface area contributed by atoms with Crippen molar-refractivity contribution in [2.45, 2.75) is 32.8 Å². The third-order valence-corrected chi connectivity index (χ3v) is 2.94. The molecule has 0 aliphatic heterocycles. The first-order chi connectivity index (χ1) is 9.36. The number of carboxylic acid groups (broad SMARTS) is 1. The first-order valence-electron chi connectivity index (χ1n) is 6.37. The Morgan fingerprint density at radius 1 is 1.35 bits per heavy atom. The molecule has 5 nitrogen and oxygen atoms in total. The molecule has 1 aromatic heterocycles. The van der Waals surface area contributed by atoms with Crippen molar-refractivity contribution in [1.29, 1.82) is 0 Å². The van der Waals surface area contributed by atoms with Crippen molar-refractivity contribution in [2.75, 3.05) is 0 Å². The van der Waals surface area contributed by atoms with Gasteiger partial charge in [0.05, 0.1) is 5.69 Å². The Morgan fingerprint density at radius 2 is 2.10 bits per heavy atom. The Hall–Kier alpha value is -2.30. The molecular weight excluding hydrogens is 256 g/mol. The minimum atomic E-state index is -1.05. The SMILES string of the molecule is CC(C)(C)c1cccc(OCc2cc(C(=O)O)n[nH]2)c1. The number of aromatic amines is 1. The maximum atomic E-state index is 10.7. The number of nitrogens with one attached hydrogen (secondary N) is 1. The molecule has 2 N–H and O–H groups in total. The molecule has 0 spiro atoms. The van der Waals surface area contributed by atoms with Crippen LogP contribution in [0.1, 0.15) is 42.5 Å². The topological polar surface area (TPSA) is 75.2 Å². The van der Waals surface area contributed by atoms with Gasteiger partial charge in [0.2, 0.25) is 0 Å². The summed E-state index contributed by atoms with van der Waals surface area (Å²) >= 11 is 0. The van der Waals surface area contributed by atoms with E-state index in [1.54, 1.807) is 0 Å². The smallest absolute Gasteiger partial charge is 0.356 e. The highest BCUT2D eigenvalue weighted by Gasteiger charge is 2.14. The fraction of sp³-hybridized carbons (Fsp3) is 0.333. The van der Waals surface area contributed by atoms with Crippen LogP contribution >= 0.6 is 0 Å². The van der Waals surface area contributed by atoms with E-state index in [0.717, 1.165) is 5.75 Å². The lowest BCUT2D eigenvalue weighted by Gasteiger charge is -2.19. The summed E-state index contributed by atoms with van der Waals surface area (Å²) in [5.74, 6) is -0.300. The van der Waals surface area contributed by atoms with Crippen LogP contribution in [0.4, 0.5) is 0 Å². The molecule has 0 amide bonds. The Bertz CT molecular complexity index is 612. The van der Waals surface area contributed by atoms with Crippen molar-refractivity contribution in [1.82, 2.24) is 10.2 Å². The molecule has 0 bridgehead atoms. The number of carbonyl (C=O) groups is 1. The number of aromatic nitrogens is 2. The van der Waals surface area contributed by atoms with E-state index in [-0.39, 0.29) is 17.7 Å². The Kier molecular flexibility index (Phi) is 3.79. The van der Waals surface area contributed by atoms with Crippen molar-refractivity contribution in [3.05, 3.63) is 47.3 Å². The molecule has 0 aliphatic carbocycles. The molecule has 0 fully saturated rings. The van der Waals surface area contributed by atoms with Gasteiger partial charge in [-0.05, 0) is 29.2 Å². The van der Waals surface area contributed by atoms with Gasteiger partial charge in [-0.3, -0.25) is 5.10 Å². The van der Waals surface area contributed by atoms with E-state index in [0.29, 0.717) is 5.69 Å². The second kappa shape index (κ2) is 5.36. The third-order valence-electron chi connectivity index (χ3n) is 2.94. The molecule has 0 saturated carbocycles. The van der Waals surface area contributed by atoms with E-state index in [1.165, 1.54) is 11.6 Å². The summed E-state index contributed by atoms with van der Waals surface area (Å²) in [4.78, 5) is 10.7. The lowest BCUT2D eigenvalue weighted by atomic mass is 9.87. The first kappa shape index (κ1) is 14.1. The second-order valence-corrected chi connectivity index (χ2v) is 5.65. The molecule has 0 saturated heterocycles. The molecule has 1 heterocycles. The van der Waals surface area contributed by atoms with Crippen LogP contribution in [0.3, 0.4) is 0 Å². The predicted molar refractivity (Wildman–Crippen MR) is 75.0 cm³/mol. The Morgan fingerprint density at radius 3 is 2.70 bits per heavy atom. The van der Waals surface area contributed by atoms with Crippen LogP contribution in [0.15, 0.2) is 30.3 Å². The van der Waals surface area contributed by atoms with Crippen LogP contribution in [0.2, 0.25) is 0 Å². The maximum Gasteiger partial charge on any atom is 0.356 e. The van der Waals surface area contributed by atoms with Gasteiger partial charge in [-0.25, -0.2) is 4.79 Å². The van der Waals surface area contributed by atoms with Gasteiger partial charge >= 0.3 is 5.97 Å². The molecule has 2 aromatic rings. The third kappa shape index (κ3) is 3.38. The Balaban J connectivity index is 2.05. The number of hydrogen-bond donors (Lipinski definition) is 2. The average Bonchev–Trinajstić information content (AvgIpc) is 2.85. The molecule has 1 aromatic carbocycles. The van der Waals surface area contributed by atoms with Crippen LogP contribution in [-0.4, -0.2) is 21.3 Å². The summed E-state index contributed by atoms with van der Waals surface area (Å²) in [6, 6.07) is 9.35. The van der Waals surface area contributed by atoms with E-state index < -0.39 is 5.97 Å². The number of carboxylic acids is 1. The number of H-pyrrole nitrogens is 1. The molecule has 20 heavy (non-hydrogen) atoms. The van der Waals surface area contributed by atoms with Gasteiger partial charge in [0.15, 0.2) is 5.69 Å². The Labute approximate surface area is 117 Å². The minimum Gasteiger partial charge on any atom is -0.487 e. The molecular formula is C15H18N2O3. The fourth-order valence-electron chi connectivity index (χ4n) is 1.76. The molecule has 0 radical (unpaired) electrons. The highest BCUT2D eigenvalue weighted by molar-refractivity contribution is 5.85. The number of ether oxygens (including phenoxy) is 1. The van der Waals surface area contributed by atoms with Gasteiger partial charge in [-0.1, -0.05) is 32.9 Å². The highest BCUT2D eigenvalue weighted by atomic mass is 16.5. The number of aromatic carboxylic acids is 1. The van der Waals surface area contributed by atoms with E-state index >= 15 is 0 Å². The van der Waals surface area contributed by atoms with Crippen LogP contribution in [-0.2, 0) is 12.0 Å². The maximum absolute atomic E-state index is 10.7. The van der Waals surface area contributed by atoms with Gasteiger partial charge in [-0.15, -0.1) is 0 Å². The van der Waals surface area contributed by atoms with E-state index in [1.807, 2.05) is 18.2 Å². The van der Waals surface area contributed by atoms with Crippen LogP contribution in [0.25, 0.3) is 0 Å². The average molecular weight is 274 g/mol. The van der Waals surface area contributed by atoms with Crippen LogP contribution in [0, 0.1) is 0 Å². The summed E-state index contributed by atoms with van der Waals surface area (Å²) in [6.45, 7) is 6.67. The van der Waals surface area contributed by atoms with Gasteiger partial charge in [0.1, 0.15) is 12.4 Å². The number of benzene rings is 1. The van der Waals surface area contributed by atoms with Crippen molar-refractivity contribution in [3.8, 4) is 5.75 Å². The summed E-state index contributed by atoms with van der Waals surface area (Å²) < 4.78 is 5.66. The number of rotatable bonds is 4. The predicted octanol–water partition coefficient (Wildman–Crippen LogP) is 2.98. The molecule has 106 valence electrons. The second-order valence-electron chi connectivity index (χ2n) is 5.65. The number of hydrogen-bond acceptors (Lipinski definition) is 3. The minimum absolute atomic E-state index is 0.00737. The monoisotopic (exact) mass is 274 g/mol. The summed E-state index contributed by atoms with van der Waals surface area (Å²) in [5, 5.41) is 15.1. The van der Waals surface area contributed by atoms with Gasteiger partial charge in [0, 0.05) is 0 Å². The molecule has 0 atom stereocenters. The number of nitrogens with zero attached hydrogens (tertiary/aromatic N) is 1. The van der Waals surface area contributed by atoms with Gasteiger partial charge in [-0.2, -0.15) is 5.10 Å². The van der Waals surface area contributed by atoms with E-state index in [2.05, 4.69) is 37.0 Å². The van der Waals surface area contributed by atoms with E-state index in [4.69, 9.17) is 9.84 Å². The highest BCUT2D eigenvalue weighted by Crippen LogP contribution is 2.25. The quantitative estimate of drug-likeness (QED) is 0.898. The molecule has 0 unspecified atom stereocenters. The summed E-state index contributed by atoms with van der Waals surface area (Å²) in [6.07, 6.45) is 0. The normalized spacial score (nSPS) is 11.3. The first-order valence-corrected chi connectivity index (χ1v) is 6.37. The largest absolute Gasteiger partial charge is 0.487 e. The zero-order chi connectivity index (χ0) is 14.8. The van der Waals surface area contributed by atoms with E-state index in [9.17, 15) is 4.79 Å². The van der Waals surface area contributed by atoms with Crippen molar-refractivity contribution >= 4 is 5.97 Å². The van der Waals surface area contributed by atoms with Crippen molar-refractivity contribution in [3.63, 3.8) is 0 Å². The molecule has 0 aliphatic rings. The van der Waals surface area contributed by atoms with Gasteiger partial charge < -0.3 is 9.84 Å². The molecule has 5 heteroatoms. The van der Waals surface area contributed by atoms with Crippen molar-refractivity contribution < 1.29 is 14.6 Å². The van der Waals surface area contributed by atoms with Crippen LogP contribution < -0.4 is 4.74 Å². The van der Waals surface area contributed by atoms with Crippen LogP contribution in [0.5, 0.6) is 5.75 Å². The molecule has 2 rings (SSSR count). The standard InChI is InChI=1S/C15H18N2O3/c1-15(2,3)10-5-4-6-12(7-10)20-9-11-8-13(14(18)19)17-16-11/h4-8H,9H2,1-3H3,(H,16,17)(H,18,19). The zero-order valence-electron chi connectivity index (χ0n) is 11.8. The summed E-state index contributed by atoms with van der Waals surface area (Å²) in [5.41, 5.74) is 1.87. The zero-order valence-corrected chi connectivity index (χ0v) is 11.8. The summed E-state index contributed by atoms with van der Waals surface area (Å²) in [7, 11) is 0. The van der Waals surface area contributed by atoms with Gasteiger partial charge in [0.25, 0.3) is 0 Å². The lowest BCUT2D eigenvalue weighted by molar-refractivity contribution is 0.0690. The van der Waals surface area contributed by atoms with Crippen molar-refractivity contribution in [2.24, 2.45) is 0 Å². The lowest BCUT2D eigenvalue weighted by Crippen LogP contribution is -2.11.